The molecule has 0 bridgehead atoms. The van der Waals surface area contributed by atoms with E-state index in [1.807, 2.05) is 0 Å². The second-order valence-electron chi connectivity index (χ2n) is 4.02. The number of piperidine rings is 1. The number of amides is 2. The second-order valence-corrected chi connectivity index (χ2v) is 4.02. The van der Waals surface area contributed by atoms with Gasteiger partial charge in [-0.05, 0) is 19.4 Å². The standard InChI is InChI=1S/C9H18N4O/c14-9(13-8-5-11-6-8)12-7-2-1-3-10-4-7/h7-8,10-11H,1-6H2,(H2,12,13,14). The van der Waals surface area contributed by atoms with E-state index < -0.39 is 0 Å². The van der Waals surface area contributed by atoms with Gasteiger partial charge in [0.25, 0.3) is 0 Å². The lowest BCUT2D eigenvalue weighted by Gasteiger charge is -2.30. The molecule has 2 rings (SSSR count). The summed E-state index contributed by atoms with van der Waals surface area (Å²) >= 11 is 0. The summed E-state index contributed by atoms with van der Waals surface area (Å²) in [6, 6.07) is 0.605. The average Bonchev–Trinajstić information content (AvgIpc) is 2.13. The molecule has 0 aromatic carbocycles. The zero-order valence-electron chi connectivity index (χ0n) is 8.31. The minimum absolute atomic E-state index is 0.0230. The molecular formula is C9H18N4O. The van der Waals surface area contributed by atoms with Crippen LogP contribution in [0.2, 0.25) is 0 Å². The van der Waals surface area contributed by atoms with Crippen LogP contribution in [0.5, 0.6) is 0 Å². The zero-order valence-corrected chi connectivity index (χ0v) is 8.31. The van der Waals surface area contributed by atoms with Crippen molar-refractivity contribution in [2.75, 3.05) is 26.2 Å². The molecule has 4 N–H and O–H groups in total. The molecule has 0 spiro atoms. The Morgan fingerprint density at radius 3 is 2.36 bits per heavy atom. The maximum Gasteiger partial charge on any atom is 0.315 e. The van der Waals surface area contributed by atoms with Gasteiger partial charge in [-0.25, -0.2) is 4.79 Å². The van der Waals surface area contributed by atoms with Crippen molar-refractivity contribution in [1.29, 1.82) is 0 Å². The molecule has 2 aliphatic rings. The summed E-state index contributed by atoms with van der Waals surface area (Å²) in [5.74, 6) is 0. The molecule has 2 saturated heterocycles. The van der Waals surface area contributed by atoms with E-state index in [1.165, 1.54) is 0 Å². The van der Waals surface area contributed by atoms with Gasteiger partial charge in [0, 0.05) is 25.7 Å². The van der Waals surface area contributed by atoms with Crippen molar-refractivity contribution in [1.82, 2.24) is 21.3 Å². The molecule has 5 nitrogen and oxygen atoms in total. The predicted octanol–water partition coefficient (Wildman–Crippen LogP) is -0.991. The quantitative estimate of drug-likeness (QED) is 0.460. The van der Waals surface area contributed by atoms with Crippen LogP contribution in [-0.2, 0) is 0 Å². The van der Waals surface area contributed by atoms with Crippen molar-refractivity contribution >= 4 is 6.03 Å². The van der Waals surface area contributed by atoms with Crippen molar-refractivity contribution in [3.63, 3.8) is 0 Å². The number of nitrogens with one attached hydrogen (secondary N) is 4. The van der Waals surface area contributed by atoms with Crippen LogP contribution in [0.4, 0.5) is 4.79 Å². The van der Waals surface area contributed by atoms with Crippen LogP contribution in [0, 0.1) is 0 Å². The molecule has 5 heteroatoms. The van der Waals surface area contributed by atoms with E-state index in [4.69, 9.17) is 0 Å². The monoisotopic (exact) mass is 198 g/mol. The Bertz CT molecular complexity index is 199. The molecule has 1 atom stereocenters. The Hall–Kier alpha value is -0.810. The zero-order chi connectivity index (χ0) is 9.80. The fourth-order valence-corrected chi connectivity index (χ4v) is 1.78. The van der Waals surface area contributed by atoms with Gasteiger partial charge in [-0.1, -0.05) is 0 Å². The number of hydrogen-bond donors (Lipinski definition) is 4. The number of hydrogen-bond acceptors (Lipinski definition) is 3. The van der Waals surface area contributed by atoms with Crippen LogP contribution in [0.3, 0.4) is 0 Å². The molecule has 1 unspecified atom stereocenters. The molecule has 80 valence electrons. The SMILES string of the molecule is O=C(NC1CCCNC1)NC1CNC1. The lowest BCUT2D eigenvalue weighted by Crippen LogP contribution is -2.60. The Balaban J connectivity index is 1.64. The minimum atomic E-state index is -0.0230. The highest BCUT2D eigenvalue weighted by Gasteiger charge is 2.20. The largest absolute Gasteiger partial charge is 0.334 e. The lowest BCUT2D eigenvalue weighted by atomic mass is 10.1. The van der Waals surface area contributed by atoms with Crippen LogP contribution >= 0.6 is 0 Å². The normalized spacial score (nSPS) is 27.9. The first-order chi connectivity index (χ1) is 6.84. The molecule has 0 aromatic heterocycles. The lowest BCUT2D eigenvalue weighted by molar-refractivity contribution is 0.224. The van der Waals surface area contributed by atoms with Gasteiger partial charge in [0.2, 0.25) is 0 Å². The summed E-state index contributed by atoms with van der Waals surface area (Å²) in [5, 5.41) is 12.3. The Kier molecular flexibility index (Phi) is 3.21. The maximum absolute atomic E-state index is 11.4. The fourth-order valence-electron chi connectivity index (χ4n) is 1.78. The van der Waals surface area contributed by atoms with E-state index in [0.717, 1.165) is 39.0 Å². The third-order valence-corrected chi connectivity index (χ3v) is 2.75. The van der Waals surface area contributed by atoms with Gasteiger partial charge in [-0.3, -0.25) is 0 Å². The minimum Gasteiger partial charge on any atom is -0.334 e. The highest BCUT2D eigenvalue weighted by atomic mass is 16.2. The first-order valence-corrected chi connectivity index (χ1v) is 5.33. The Morgan fingerprint density at radius 1 is 1.07 bits per heavy atom. The van der Waals surface area contributed by atoms with Gasteiger partial charge in [-0.15, -0.1) is 0 Å². The van der Waals surface area contributed by atoms with E-state index in [1.54, 1.807) is 0 Å². The van der Waals surface area contributed by atoms with Crippen LogP contribution in [0.15, 0.2) is 0 Å². The summed E-state index contributed by atoms with van der Waals surface area (Å²) in [6.07, 6.45) is 2.24. The van der Waals surface area contributed by atoms with Crippen LogP contribution in [0.25, 0.3) is 0 Å². The molecule has 2 amide bonds. The molecule has 2 aliphatic heterocycles. The maximum atomic E-state index is 11.4. The van der Waals surface area contributed by atoms with Crippen molar-refractivity contribution in [2.24, 2.45) is 0 Å². The first kappa shape index (κ1) is 9.73. The summed E-state index contributed by atoms with van der Waals surface area (Å²) in [5.41, 5.74) is 0. The predicted molar refractivity (Wildman–Crippen MR) is 54.2 cm³/mol. The van der Waals surface area contributed by atoms with Crippen LogP contribution in [-0.4, -0.2) is 44.3 Å². The third-order valence-electron chi connectivity index (χ3n) is 2.75. The number of rotatable bonds is 2. The Morgan fingerprint density at radius 2 is 1.79 bits per heavy atom. The van der Waals surface area contributed by atoms with Crippen molar-refractivity contribution in [3.05, 3.63) is 0 Å². The second kappa shape index (κ2) is 4.61. The van der Waals surface area contributed by atoms with E-state index in [9.17, 15) is 4.79 Å². The van der Waals surface area contributed by atoms with Crippen molar-refractivity contribution < 1.29 is 4.79 Å². The van der Waals surface area contributed by atoms with Gasteiger partial charge in [0.1, 0.15) is 0 Å². The summed E-state index contributed by atoms with van der Waals surface area (Å²) in [7, 11) is 0. The summed E-state index contributed by atoms with van der Waals surface area (Å²) < 4.78 is 0. The van der Waals surface area contributed by atoms with Crippen molar-refractivity contribution in [2.45, 2.75) is 24.9 Å². The molecule has 0 aromatic rings. The van der Waals surface area contributed by atoms with E-state index >= 15 is 0 Å². The van der Waals surface area contributed by atoms with Crippen molar-refractivity contribution in [3.8, 4) is 0 Å². The Labute approximate surface area is 84.0 Å². The molecule has 2 heterocycles. The number of carbonyl (C=O) groups excluding carboxylic acids is 1. The van der Waals surface area contributed by atoms with Gasteiger partial charge in [0.05, 0.1) is 6.04 Å². The average molecular weight is 198 g/mol. The number of urea groups is 1. The number of carbonyl (C=O) groups is 1. The molecule has 14 heavy (non-hydrogen) atoms. The third kappa shape index (κ3) is 2.59. The molecule has 0 saturated carbocycles. The van der Waals surface area contributed by atoms with Gasteiger partial charge in [-0.2, -0.15) is 0 Å². The van der Waals surface area contributed by atoms with Gasteiger partial charge < -0.3 is 21.3 Å². The topological polar surface area (TPSA) is 65.2 Å². The highest BCUT2D eigenvalue weighted by molar-refractivity contribution is 5.74. The fraction of sp³-hybridized carbons (Fsp3) is 0.889. The molecule has 0 aliphatic carbocycles. The summed E-state index contributed by atoms with van der Waals surface area (Å²) in [6.45, 7) is 3.77. The van der Waals surface area contributed by atoms with E-state index in [0.29, 0.717) is 12.1 Å². The van der Waals surface area contributed by atoms with E-state index in [-0.39, 0.29) is 6.03 Å². The van der Waals surface area contributed by atoms with E-state index in [2.05, 4.69) is 21.3 Å². The highest BCUT2D eigenvalue weighted by Crippen LogP contribution is 2.00. The van der Waals surface area contributed by atoms with Gasteiger partial charge in [0.15, 0.2) is 0 Å². The summed E-state index contributed by atoms with van der Waals surface area (Å²) in [4.78, 5) is 11.4. The smallest absolute Gasteiger partial charge is 0.315 e. The van der Waals surface area contributed by atoms with Gasteiger partial charge >= 0.3 is 6.03 Å². The molecular weight excluding hydrogens is 180 g/mol. The van der Waals surface area contributed by atoms with Crippen LogP contribution < -0.4 is 21.3 Å². The molecule has 0 radical (unpaired) electrons. The van der Waals surface area contributed by atoms with Crippen LogP contribution in [0.1, 0.15) is 12.8 Å². The first-order valence-electron chi connectivity index (χ1n) is 5.33. The molecule has 2 fully saturated rings.